The molecule has 2 unspecified atom stereocenters. The smallest absolute Gasteiger partial charge is 0.305 e. The molecule has 440 valence electrons. The van der Waals surface area contributed by atoms with Gasteiger partial charge >= 0.3 is 5.97 Å². The molecule has 6 heteroatoms. The van der Waals surface area contributed by atoms with Crippen LogP contribution in [0.3, 0.4) is 0 Å². The third-order valence-corrected chi connectivity index (χ3v) is 15.3. The number of aliphatic hydroxyl groups is 2. The number of amides is 1. The number of nitrogens with one attached hydrogen (secondary N) is 1. The summed E-state index contributed by atoms with van der Waals surface area (Å²) in [7, 11) is 0. The van der Waals surface area contributed by atoms with E-state index in [9.17, 15) is 19.8 Å². The molecule has 6 nitrogen and oxygen atoms in total. The second kappa shape index (κ2) is 64.3. The molecule has 0 aromatic heterocycles. The van der Waals surface area contributed by atoms with Crippen molar-refractivity contribution in [2.75, 3.05) is 13.2 Å². The van der Waals surface area contributed by atoms with E-state index < -0.39 is 12.1 Å². The predicted molar refractivity (Wildman–Crippen MR) is 329 cm³/mol. The molecule has 0 saturated carbocycles. The molecule has 1 amide bonds. The average Bonchev–Trinajstić information content (AvgIpc) is 3.41. The first kappa shape index (κ1) is 72.8. The number of rotatable bonds is 62. The Bertz CT molecular complexity index is 1260. The maximum atomic E-state index is 12.4. The standard InChI is InChI=1S/C69H129NO5/c1-3-5-7-9-11-13-15-16-17-18-33-36-39-43-47-51-55-59-63-69(74)75-64-60-56-52-48-44-40-37-34-31-29-27-25-23-21-19-20-22-24-26-28-30-32-35-38-42-46-50-54-58-62-68(73)70-66(65-71)67(72)61-57-53-49-45-41-14-12-10-8-6-4-2/h13,15,17-19,21,57,61,66-67,71-72H,3-12,14,16,20,22-56,58-60,62-65H2,1-2H3,(H,70,73)/b15-13-,18-17-,21-19-,61-57+. The summed E-state index contributed by atoms with van der Waals surface area (Å²) in [6, 6.07) is -0.626. The minimum atomic E-state index is -0.843. The highest BCUT2D eigenvalue weighted by Crippen LogP contribution is 2.17. The van der Waals surface area contributed by atoms with Crippen LogP contribution in [0.2, 0.25) is 0 Å². The number of carbonyl (C=O) groups is 2. The third kappa shape index (κ3) is 60.9. The second-order valence-corrected chi connectivity index (χ2v) is 22.8. The number of esters is 1. The van der Waals surface area contributed by atoms with Crippen molar-refractivity contribution in [2.24, 2.45) is 0 Å². The summed E-state index contributed by atoms with van der Waals surface area (Å²) in [5, 5.41) is 23.0. The average molecular weight is 1050 g/mol. The van der Waals surface area contributed by atoms with Crippen LogP contribution in [0.4, 0.5) is 0 Å². The predicted octanol–water partition coefficient (Wildman–Crippen LogP) is 21.3. The molecule has 0 aromatic carbocycles. The van der Waals surface area contributed by atoms with Crippen LogP contribution in [-0.4, -0.2) is 47.4 Å². The first-order chi connectivity index (χ1) is 37.0. The lowest BCUT2D eigenvalue weighted by atomic mass is 10.0. The van der Waals surface area contributed by atoms with Crippen LogP contribution in [0.15, 0.2) is 48.6 Å². The van der Waals surface area contributed by atoms with Gasteiger partial charge in [0.2, 0.25) is 5.91 Å². The van der Waals surface area contributed by atoms with Gasteiger partial charge in [0.1, 0.15) is 0 Å². The highest BCUT2D eigenvalue weighted by atomic mass is 16.5. The Labute approximate surface area is 467 Å². The maximum Gasteiger partial charge on any atom is 0.305 e. The Hall–Kier alpha value is -2.18. The lowest BCUT2D eigenvalue weighted by Gasteiger charge is -2.20. The molecule has 0 aliphatic rings. The van der Waals surface area contributed by atoms with Gasteiger partial charge < -0.3 is 20.3 Å². The van der Waals surface area contributed by atoms with E-state index in [1.165, 1.54) is 276 Å². The minimum Gasteiger partial charge on any atom is -0.466 e. The first-order valence-electron chi connectivity index (χ1n) is 33.4. The van der Waals surface area contributed by atoms with E-state index in [0.29, 0.717) is 19.4 Å². The summed E-state index contributed by atoms with van der Waals surface area (Å²) < 4.78 is 5.50. The zero-order chi connectivity index (χ0) is 54.3. The van der Waals surface area contributed by atoms with E-state index >= 15 is 0 Å². The fourth-order valence-electron chi connectivity index (χ4n) is 10.2. The van der Waals surface area contributed by atoms with E-state index in [4.69, 9.17) is 4.74 Å². The fourth-order valence-corrected chi connectivity index (χ4v) is 10.2. The van der Waals surface area contributed by atoms with Crippen LogP contribution >= 0.6 is 0 Å². The Morgan fingerprint density at radius 1 is 0.373 bits per heavy atom. The monoisotopic (exact) mass is 1050 g/mol. The number of hydrogen-bond acceptors (Lipinski definition) is 5. The van der Waals surface area contributed by atoms with Gasteiger partial charge in [-0.25, -0.2) is 0 Å². The lowest BCUT2D eigenvalue weighted by Crippen LogP contribution is -2.45. The van der Waals surface area contributed by atoms with Crippen molar-refractivity contribution in [3.05, 3.63) is 48.6 Å². The SMILES string of the molecule is CCCCCC/C=C\C/C=C\CCCCCCCCCC(=O)OCCCCCCCCCCCCCC/C=C\CCCCCCCCCCCCCCCC(=O)NC(CO)C(O)/C=C/CCCCCCCCCCC. The number of hydrogen-bond donors (Lipinski definition) is 3. The highest BCUT2D eigenvalue weighted by Gasteiger charge is 2.18. The van der Waals surface area contributed by atoms with Gasteiger partial charge in [0.25, 0.3) is 0 Å². The van der Waals surface area contributed by atoms with Crippen molar-refractivity contribution >= 4 is 11.9 Å². The summed E-state index contributed by atoms with van der Waals surface area (Å²) in [6.07, 6.45) is 83.2. The van der Waals surface area contributed by atoms with Gasteiger partial charge in [0, 0.05) is 12.8 Å². The molecule has 0 rings (SSSR count). The van der Waals surface area contributed by atoms with E-state index in [1.54, 1.807) is 6.08 Å². The van der Waals surface area contributed by atoms with Crippen LogP contribution in [-0.2, 0) is 14.3 Å². The summed E-state index contributed by atoms with van der Waals surface area (Å²) in [4.78, 5) is 24.5. The molecule has 0 fully saturated rings. The molecular weight excluding hydrogens is 923 g/mol. The van der Waals surface area contributed by atoms with Gasteiger partial charge in [-0.05, 0) is 89.9 Å². The summed E-state index contributed by atoms with van der Waals surface area (Å²) in [5.41, 5.74) is 0. The molecule has 0 saturated heterocycles. The maximum absolute atomic E-state index is 12.4. The molecule has 2 atom stereocenters. The van der Waals surface area contributed by atoms with Gasteiger partial charge in [-0.1, -0.05) is 300 Å². The quantitative estimate of drug-likeness (QED) is 0.0320. The number of aliphatic hydroxyl groups excluding tert-OH is 2. The summed E-state index contributed by atoms with van der Waals surface area (Å²) in [5.74, 6) is -0.0593. The number of carbonyl (C=O) groups excluding carboxylic acids is 2. The van der Waals surface area contributed by atoms with Crippen LogP contribution in [0.5, 0.6) is 0 Å². The topological polar surface area (TPSA) is 95.9 Å². The normalized spacial score (nSPS) is 12.9. The van der Waals surface area contributed by atoms with Crippen molar-refractivity contribution in [1.82, 2.24) is 5.32 Å². The zero-order valence-electron chi connectivity index (χ0n) is 50.3. The Morgan fingerprint density at radius 2 is 0.667 bits per heavy atom. The van der Waals surface area contributed by atoms with Crippen molar-refractivity contribution in [3.63, 3.8) is 0 Å². The molecule has 0 aliphatic heterocycles. The Morgan fingerprint density at radius 3 is 1.04 bits per heavy atom. The molecular formula is C69H129NO5. The van der Waals surface area contributed by atoms with Gasteiger partial charge in [-0.2, -0.15) is 0 Å². The highest BCUT2D eigenvalue weighted by molar-refractivity contribution is 5.76. The van der Waals surface area contributed by atoms with Crippen LogP contribution in [0.25, 0.3) is 0 Å². The second-order valence-electron chi connectivity index (χ2n) is 22.8. The third-order valence-electron chi connectivity index (χ3n) is 15.3. The number of unbranched alkanes of at least 4 members (excludes halogenated alkanes) is 45. The van der Waals surface area contributed by atoms with E-state index in [1.807, 2.05) is 6.08 Å². The van der Waals surface area contributed by atoms with Crippen molar-refractivity contribution in [1.29, 1.82) is 0 Å². The fraction of sp³-hybridized carbons (Fsp3) is 0.855. The van der Waals surface area contributed by atoms with E-state index in [0.717, 1.165) is 51.4 Å². The van der Waals surface area contributed by atoms with Crippen molar-refractivity contribution in [2.45, 2.75) is 366 Å². The molecule has 0 spiro atoms. The molecule has 0 radical (unpaired) electrons. The van der Waals surface area contributed by atoms with Crippen molar-refractivity contribution < 1.29 is 24.5 Å². The molecule has 0 aliphatic carbocycles. The molecule has 0 aromatic rings. The van der Waals surface area contributed by atoms with Gasteiger partial charge in [-0.15, -0.1) is 0 Å². The first-order valence-corrected chi connectivity index (χ1v) is 33.4. The lowest BCUT2D eigenvalue weighted by molar-refractivity contribution is -0.143. The zero-order valence-corrected chi connectivity index (χ0v) is 50.3. The van der Waals surface area contributed by atoms with Gasteiger partial charge in [-0.3, -0.25) is 9.59 Å². The molecule has 0 bridgehead atoms. The van der Waals surface area contributed by atoms with Crippen LogP contribution in [0, 0.1) is 0 Å². The summed E-state index contributed by atoms with van der Waals surface area (Å²) in [6.45, 7) is 4.88. The van der Waals surface area contributed by atoms with E-state index in [-0.39, 0.29) is 18.5 Å². The van der Waals surface area contributed by atoms with Crippen LogP contribution < -0.4 is 5.32 Å². The number of ether oxygens (including phenoxy) is 1. The number of allylic oxidation sites excluding steroid dienone is 7. The summed E-state index contributed by atoms with van der Waals surface area (Å²) >= 11 is 0. The van der Waals surface area contributed by atoms with Gasteiger partial charge in [0.15, 0.2) is 0 Å². The largest absolute Gasteiger partial charge is 0.466 e. The molecule has 75 heavy (non-hydrogen) atoms. The van der Waals surface area contributed by atoms with Gasteiger partial charge in [0.05, 0.1) is 25.4 Å². The molecule has 3 N–H and O–H groups in total. The Kier molecular flexibility index (Phi) is 62.5. The van der Waals surface area contributed by atoms with Crippen LogP contribution in [0.1, 0.15) is 354 Å². The van der Waals surface area contributed by atoms with Crippen molar-refractivity contribution in [3.8, 4) is 0 Å². The molecule has 0 heterocycles. The minimum absolute atomic E-state index is 0.00866. The van der Waals surface area contributed by atoms with E-state index in [2.05, 4.69) is 55.6 Å². The Balaban J connectivity index is 3.37.